The number of hydrogen-bond donors (Lipinski definition) is 0. The average Bonchev–Trinajstić information content (AvgIpc) is 2.23. The summed E-state index contributed by atoms with van der Waals surface area (Å²) in [6.07, 6.45) is 4.05. The van der Waals surface area contributed by atoms with Crippen molar-refractivity contribution in [1.29, 1.82) is 0 Å². The van der Waals surface area contributed by atoms with Crippen LogP contribution >= 0.6 is 0 Å². The fourth-order valence-electron chi connectivity index (χ4n) is 1.21. The predicted octanol–water partition coefficient (Wildman–Crippen LogP) is 2.83. The van der Waals surface area contributed by atoms with Gasteiger partial charge in [0.25, 0.3) is 0 Å². The number of aromatic nitrogens is 1. The lowest BCUT2D eigenvalue weighted by atomic mass is 10.1. The molecule has 1 aromatic carbocycles. The summed E-state index contributed by atoms with van der Waals surface area (Å²) in [5, 5.41) is 0. The minimum atomic E-state index is -0.848. The highest BCUT2D eigenvalue weighted by molar-refractivity contribution is 5.63. The maximum absolute atomic E-state index is 13.3. The normalized spacial score (nSPS) is 10.1. The Balaban J connectivity index is 2.58. The zero-order valence-electron chi connectivity index (χ0n) is 7.17. The third kappa shape index (κ3) is 1.48. The molecule has 0 atom stereocenters. The van der Waals surface area contributed by atoms with E-state index in [1.807, 2.05) is 0 Å². The summed E-state index contributed by atoms with van der Waals surface area (Å²) in [6, 6.07) is 7.19. The average molecular weight is 190 g/mol. The lowest BCUT2D eigenvalue weighted by Gasteiger charge is -2.02. The summed E-state index contributed by atoms with van der Waals surface area (Å²) >= 11 is 0. The third-order valence-electron chi connectivity index (χ3n) is 1.89. The van der Waals surface area contributed by atoms with Crippen molar-refractivity contribution in [1.82, 2.24) is 4.98 Å². The van der Waals surface area contributed by atoms with E-state index in [0.29, 0.717) is 5.56 Å². The van der Waals surface area contributed by atoms with Gasteiger partial charge in [0, 0.05) is 11.8 Å². The lowest BCUT2D eigenvalue weighted by molar-refractivity contribution is 0.511. The highest BCUT2D eigenvalue weighted by atomic mass is 19.2. The van der Waals surface area contributed by atoms with Gasteiger partial charge in [-0.3, -0.25) is 4.98 Å². The van der Waals surface area contributed by atoms with Gasteiger partial charge in [-0.05, 0) is 23.8 Å². The largest absolute Gasteiger partial charge is 0.255 e. The van der Waals surface area contributed by atoms with E-state index in [0.717, 1.165) is 6.07 Å². The molecule has 0 saturated heterocycles. The molecule has 69 valence electrons. The van der Waals surface area contributed by atoms with Crippen LogP contribution in [0.25, 0.3) is 11.1 Å². The van der Waals surface area contributed by atoms with Crippen molar-refractivity contribution in [2.45, 2.75) is 0 Å². The van der Waals surface area contributed by atoms with Crippen LogP contribution in [-0.4, -0.2) is 4.98 Å². The molecule has 0 amide bonds. The fraction of sp³-hybridized carbons (Fsp3) is 0. The number of pyridine rings is 1. The summed E-state index contributed by atoms with van der Waals surface area (Å²) in [6.45, 7) is 0. The summed E-state index contributed by atoms with van der Waals surface area (Å²) in [5.74, 6) is -1.69. The van der Waals surface area contributed by atoms with Crippen LogP contribution in [0.1, 0.15) is 0 Å². The van der Waals surface area contributed by atoms with E-state index in [1.54, 1.807) is 6.07 Å². The second-order valence-corrected chi connectivity index (χ2v) is 2.77. The Kier molecular flexibility index (Phi) is 2.23. The molecular formula is C11H6F2N. The van der Waals surface area contributed by atoms with Crippen molar-refractivity contribution < 1.29 is 8.78 Å². The first-order valence-electron chi connectivity index (χ1n) is 4.05. The number of benzene rings is 1. The molecule has 0 aliphatic rings. The SMILES string of the molecule is Fc1cccc(-c2c[c]ncc2)c1F. The molecule has 0 bridgehead atoms. The second-order valence-electron chi connectivity index (χ2n) is 2.77. The molecule has 0 saturated carbocycles. The van der Waals surface area contributed by atoms with E-state index in [9.17, 15) is 8.78 Å². The first-order chi connectivity index (χ1) is 6.79. The summed E-state index contributed by atoms with van der Waals surface area (Å²) in [5.41, 5.74) is 0.792. The molecule has 3 heteroatoms. The van der Waals surface area contributed by atoms with Crippen molar-refractivity contribution in [3.05, 3.63) is 54.4 Å². The van der Waals surface area contributed by atoms with Crippen LogP contribution in [0.5, 0.6) is 0 Å². The molecule has 0 spiro atoms. The van der Waals surface area contributed by atoms with Crippen LogP contribution in [0.4, 0.5) is 8.78 Å². The first kappa shape index (κ1) is 8.81. The van der Waals surface area contributed by atoms with Crippen LogP contribution < -0.4 is 0 Å². The Morgan fingerprint density at radius 3 is 2.71 bits per heavy atom. The van der Waals surface area contributed by atoms with Gasteiger partial charge in [-0.15, -0.1) is 0 Å². The smallest absolute Gasteiger partial charge is 0.166 e. The highest BCUT2D eigenvalue weighted by Crippen LogP contribution is 2.23. The van der Waals surface area contributed by atoms with Gasteiger partial charge in [-0.25, -0.2) is 8.78 Å². The molecule has 0 aliphatic heterocycles. The molecule has 1 heterocycles. The van der Waals surface area contributed by atoms with Crippen LogP contribution in [0.2, 0.25) is 0 Å². The molecule has 0 unspecified atom stereocenters. The monoisotopic (exact) mass is 190 g/mol. The molecule has 0 N–H and O–H groups in total. The van der Waals surface area contributed by atoms with E-state index in [-0.39, 0.29) is 5.56 Å². The zero-order valence-corrected chi connectivity index (χ0v) is 7.17. The maximum Gasteiger partial charge on any atom is 0.166 e. The predicted molar refractivity (Wildman–Crippen MR) is 48.4 cm³/mol. The van der Waals surface area contributed by atoms with Gasteiger partial charge in [0.05, 0.1) is 6.20 Å². The molecule has 14 heavy (non-hydrogen) atoms. The topological polar surface area (TPSA) is 12.9 Å². The van der Waals surface area contributed by atoms with Gasteiger partial charge in [-0.1, -0.05) is 12.1 Å². The molecule has 2 rings (SSSR count). The van der Waals surface area contributed by atoms with Crippen LogP contribution in [0, 0.1) is 17.8 Å². The van der Waals surface area contributed by atoms with Gasteiger partial charge in [-0.2, -0.15) is 0 Å². The fourth-order valence-corrected chi connectivity index (χ4v) is 1.21. The Morgan fingerprint density at radius 2 is 2.00 bits per heavy atom. The Hall–Kier alpha value is -1.77. The molecule has 0 aliphatic carbocycles. The summed E-state index contributed by atoms with van der Waals surface area (Å²) in [7, 11) is 0. The van der Waals surface area contributed by atoms with E-state index >= 15 is 0 Å². The van der Waals surface area contributed by atoms with Crippen LogP contribution in [0.3, 0.4) is 0 Å². The lowest BCUT2D eigenvalue weighted by Crippen LogP contribution is -1.88. The van der Waals surface area contributed by atoms with Crippen LogP contribution in [0.15, 0.2) is 36.5 Å². The van der Waals surface area contributed by atoms with E-state index in [4.69, 9.17) is 0 Å². The Morgan fingerprint density at radius 1 is 1.14 bits per heavy atom. The molecule has 2 aromatic rings. The van der Waals surface area contributed by atoms with Crippen molar-refractivity contribution in [2.24, 2.45) is 0 Å². The van der Waals surface area contributed by atoms with Crippen molar-refractivity contribution in [2.75, 3.05) is 0 Å². The Bertz CT molecular complexity index is 440. The van der Waals surface area contributed by atoms with Crippen LogP contribution in [-0.2, 0) is 0 Å². The first-order valence-corrected chi connectivity index (χ1v) is 4.05. The van der Waals surface area contributed by atoms with Gasteiger partial charge in [0.2, 0.25) is 0 Å². The molecule has 0 fully saturated rings. The molecule has 1 radical (unpaired) electrons. The number of rotatable bonds is 1. The zero-order chi connectivity index (χ0) is 9.97. The van der Waals surface area contributed by atoms with E-state index in [2.05, 4.69) is 11.2 Å². The third-order valence-corrected chi connectivity index (χ3v) is 1.89. The summed E-state index contributed by atoms with van der Waals surface area (Å²) < 4.78 is 26.1. The van der Waals surface area contributed by atoms with Crippen molar-refractivity contribution in [3.8, 4) is 11.1 Å². The quantitative estimate of drug-likeness (QED) is 0.673. The number of halogens is 2. The van der Waals surface area contributed by atoms with E-state index in [1.165, 1.54) is 24.4 Å². The van der Waals surface area contributed by atoms with Crippen molar-refractivity contribution >= 4 is 0 Å². The summed E-state index contributed by atoms with van der Waals surface area (Å²) in [4.78, 5) is 3.68. The van der Waals surface area contributed by atoms with Gasteiger partial charge in [0.15, 0.2) is 11.6 Å². The second kappa shape index (κ2) is 3.54. The standard InChI is InChI=1S/C11H6F2N/c12-10-3-1-2-9(11(10)13)8-4-6-14-7-5-8/h1-6H. The molecule has 1 aromatic heterocycles. The van der Waals surface area contributed by atoms with Gasteiger partial charge < -0.3 is 0 Å². The minimum Gasteiger partial charge on any atom is -0.255 e. The minimum absolute atomic E-state index is 0.226. The number of hydrogen-bond acceptors (Lipinski definition) is 1. The Labute approximate surface area is 80.0 Å². The number of nitrogens with zero attached hydrogens (tertiary/aromatic N) is 1. The van der Waals surface area contributed by atoms with Gasteiger partial charge in [0.1, 0.15) is 0 Å². The highest BCUT2D eigenvalue weighted by Gasteiger charge is 2.08. The van der Waals surface area contributed by atoms with E-state index < -0.39 is 11.6 Å². The molecule has 1 nitrogen and oxygen atoms in total. The molecular weight excluding hydrogens is 184 g/mol. The van der Waals surface area contributed by atoms with Crippen molar-refractivity contribution in [3.63, 3.8) is 0 Å². The van der Waals surface area contributed by atoms with Gasteiger partial charge >= 0.3 is 0 Å². The maximum atomic E-state index is 13.3.